The quantitative estimate of drug-likeness (QED) is 0.557. The first-order valence-electron chi connectivity index (χ1n) is 10.1. The van der Waals surface area contributed by atoms with E-state index in [1.165, 1.54) is 8.99 Å². The molecule has 0 saturated carbocycles. The number of aromatic nitrogens is 3. The Labute approximate surface area is 180 Å². The smallest absolute Gasteiger partial charge is 0.298 e. The number of piperazine rings is 1. The van der Waals surface area contributed by atoms with Crippen LogP contribution in [0.3, 0.4) is 0 Å². The van der Waals surface area contributed by atoms with Crippen molar-refractivity contribution in [2.24, 2.45) is 0 Å². The molecular weight excluding hydrogens is 422 g/mol. The lowest BCUT2D eigenvalue weighted by atomic mass is 10.2. The summed E-state index contributed by atoms with van der Waals surface area (Å²) in [6, 6.07) is 6.45. The van der Waals surface area contributed by atoms with Crippen molar-refractivity contribution in [1.82, 2.24) is 24.1 Å². The van der Waals surface area contributed by atoms with Gasteiger partial charge in [-0.3, -0.25) is 9.69 Å². The zero-order valence-corrected chi connectivity index (χ0v) is 18.6. The van der Waals surface area contributed by atoms with Crippen molar-refractivity contribution < 1.29 is 17.7 Å². The second-order valence-electron chi connectivity index (χ2n) is 7.42. The van der Waals surface area contributed by atoms with Gasteiger partial charge in [0, 0.05) is 26.2 Å². The highest BCUT2D eigenvalue weighted by Gasteiger charge is 2.29. The summed E-state index contributed by atoms with van der Waals surface area (Å²) in [5.74, 6) is 1.20. The van der Waals surface area contributed by atoms with E-state index in [4.69, 9.17) is 9.26 Å². The molecule has 11 heteroatoms. The molecule has 0 atom stereocenters. The highest BCUT2D eigenvalue weighted by Crippen LogP contribution is 2.21. The summed E-state index contributed by atoms with van der Waals surface area (Å²) in [5.41, 5.74) is 0.619. The zero-order chi connectivity index (χ0) is 22.2. The molecule has 0 spiro atoms. The number of rotatable bonds is 6. The Morgan fingerprint density at radius 3 is 2.42 bits per heavy atom. The number of aryl methyl sites for hydroxylation is 2. The van der Waals surface area contributed by atoms with Crippen molar-refractivity contribution in [3.8, 4) is 5.75 Å². The minimum Gasteiger partial charge on any atom is -0.494 e. The summed E-state index contributed by atoms with van der Waals surface area (Å²) < 4.78 is 39.2. The van der Waals surface area contributed by atoms with Crippen LogP contribution >= 0.6 is 0 Å². The second-order valence-corrected chi connectivity index (χ2v) is 9.36. The Morgan fingerprint density at radius 1 is 1.10 bits per heavy atom. The molecule has 31 heavy (non-hydrogen) atoms. The van der Waals surface area contributed by atoms with Crippen LogP contribution in [-0.2, 0) is 16.7 Å². The third-order valence-corrected chi connectivity index (χ3v) is 7.28. The Balaban J connectivity index is 1.45. The molecule has 2 aromatic heterocycles. The van der Waals surface area contributed by atoms with Gasteiger partial charge < -0.3 is 9.26 Å². The first-order chi connectivity index (χ1) is 14.8. The Morgan fingerprint density at radius 2 is 1.77 bits per heavy atom. The van der Waals surface area contributed by atoms with Crippen LogP contribution in [0.1, 0.15) is 18.4 Å². The predicted molar refractivity (Wildman–Crippen MR) is 113 cm³/mol. The van der Waals surface area contributed by atoms with Crippen molar-refractivity contribution in [2.75, 3.05) is 32.8 Å². The van der Waals surface area contributed by atoms with Crippen LogP contribution in [0.25, 0.3) is 10.9 Å². The predicted octanol–water partition coefficient (Wildman–Crippen LogP) is 1.36. The molecule has 0 aliphatic carbocycles. The summed E-state index contributed by atoms with van der Waals surface area (Å²) >= 11 is 0. The maximum absolute atomic E-state index is 12.9. The molecule has 4 rings (SSSR count). The van der Waals surface area contributed by atoms with Gasteiger partial charge in [-0.25, -0.2) is 13.1 Å². The van der Waals surface area contributed by atoms with Crippen LogP contribution in [-0.4, -0.2) is 65.3 Å². The summed E-state index contributed by atoms with van der Waals surface area (Å²) in [7, 11) is -3.59. The SMILES string of the molecule is CCOc1ccc(S(=O)(=O)N2CCN(Cn3nc(C)c4c(C)onc4c3=O)CC2)cc1. The van der Waals surface area contributed by atoms with Crippen LogP contribution in [0, 0.1) is 13.8 Å². The zero-order valence-electron chi connectivity index (χ0n) is 17.7. The lowest BCUT2D eigenvalue weighted by Gasteiger charge is -2.33. The van der Waals surface area contributed by atoms with Gasteiger partial charge in [-0.2, -0.15) is 9.40 Å². The summed E-state index contributed by atoms with van der Waals surface area (Å²) in [6.07, 6.45) is 0. The van der Waals surface area contributed by atoms with Crippen LogP contribution in [0.2, 0.25) is 0 Å². The molecule has 0 amide bonds. The first kappa shape index (κ1) is 21.5. The number of hydrogen-bond acceptors (Lipinski definition) is 8. The summed E-state index contributed by atoms with van der Waals surface area (Å²) in [4.78, 5) is 14.9. The molecule has 1 fully saturated rings. The number of hydrogen-bond donors (Lipinski definition) is 0. The molecule has 3 heterocycles. The molecular formula is C20H25N5O5S. The average Bonchev–Trinajstić information content (AvgIpc) is 3.15. The molecule has 0 radical (unpaired) electrons. The van der Waals surface area contributed by atoms with Gasteiger partial charge in [0.1, 0.15) is 11.5 Å². The van der Waals surface area contributed by atoms with Crippen LogP contribution in [0.4, 0.5) is 0 Å². The van der Waals surface area contributed by atoms with Gasteiger partial charge in [0.15, 0.2) is 5.52 Å². The minimum absolute atomic E-state index is 0.241. The highest BCUT2D eigenvalue weighted by molar-refractivity contribution is 7.89. The van der Waals surface area contributed by atoms with E-state index in [-0.39, 0.29) is 22.6 Å². The Bertz CT molecular complexity index is 1240. The van der Waals surface area contributed by atoms with E-state index >= 15 is 0 Å². The van der Waals surface area contributed by atoms with E-state index in [0.29, 0.717) is 55.4 Å². The number of sulfonamides is 1. The van der Waals surface area contributed by atoms with Gasteiger partial charge in [0.2, 0.25) is 10.0 Å². The molecule has 3 aromatic rings. The lowest BCUT2D eigenvalue weighted by Crippen LogP contribution is -2.49. The molecule has 0 bridgehead atoms. The van der Waals surface area contributed by atoms with Crippen molar-refractivity contribution in [3.05, 3.63) is 46.1 Å². The summed E-state index contributed by atoms with van der Waals surface area (Å²) in [6.45, 7) is 7.84. The van der Waals surface area contributed by atoms with Gasteiger partial charge in [-0.15, -0.1) is 0 Å². The van der Waals surface area contributed by atoms with Gasteiger partial charge in [0.05, 0.1) is 29.3 Å². The monoisotopic (exact) mass is 447 g/mol. The number of benzene rings is 1. The molecule has 1 aliphatic rings. The van der Waals surface area contributed by atoms with Gasteiger partial charge >= 0.3 is 0 Å². The van der Waals surface area contributed by atoms with E-state index < -0.39 is 10.0 Å². The molecule has 1 aliphatic heterocycles. The second kappa shape index (κ2) is 8.40. The average molecular weight is 448 g/mol. The fraction of sp³-hybridized carbons (Fsp3) is 0.450. The lowest BCUT2D eigenvalue weighted by molar-refractivity contribution is 0.143. The molecule has 0 unspecified atom stereocenters. The number of nitrogens with zero attached hydrogens (tertiary/aromatic N) is 5. The van der Waals surface area contributed by atoms with E-state index in [0.717, 1.165) is 0 Å². The van der Waals surface area contributed by atoms with E-state index in [1.54, 1.807) is 31.2 Å². The molecule has 166 valence electrons. The minimum atomic E-state index is -3.59. The first-order valence-corrected chi connectivity index (χ1v) is 11.5. The Hall–Kier alpha value is -2.76. The number of ether oxygens (including phenoxy) is 1. The van der Waals surface area contributed by atoms with E-state index in [9.17, 15) is 13.2 Å². The van der Waals surface area contributed by atoms with Crippen molar-refractivity contribution in [2.45, 2.75) is 32.3 Å². The van der Waals surface area contributed by atoms with E-state index in [1.807, 2.05) is 18.7 Å². The van der Waals surface area contributed by atoms with Crippen molar-refractivity contribution in [3.63, 3.8) is 0 Å². The Kier molecular flexibility index (Phi) is 5.82. The molecule has 1 saturated heterocycles. The van der Waals surface area contributed by atoms with Gasteiger partial charge in [-0.05, 0) is 45.0 Å². The normalized spacial score (nSPS) is 16.1. The van der Waals surface area contributed by atoms with Crippen LogP contribution in [0.15, 0.2) is 38.5 Å². The standard InChI is InChI=1S/C20H25N5O5S/c1-4-29-16-5-7-17(8-6-16)31(27,28)24-11-9-23(10-12-24)13-25-20(26)19-18(14(2)21-25)15(3)30-22-19/h5-8H,4,9-13H2,1-3H3. The topological polar surface area (TPSA) is 111 Å². The van der Waals surface area contributed by atoms with Gasteiger partial charge in [-0.1, -0.05) is 5.16 Å². The van der Waals surface area contributed by atoms with Crippen molar-refractivity contribution >= 4 is 20.9 Å². The molecule has 0 N–H and O–H groups in total. The van der Waals surface area contributed by atoms with Gasteiger partial charge in [0.25, 0.3) is 5.56 Å². The fourth-order valence-electron chi connectivity index (χ4n) is 3.76. The van der Waals surface area contributed by atoms with Crippen LogP contribution in [0.5, 0.6) is 5.75 Å². The fourth-order valence-corrected chi connectivity index (χ4v) is 5.19. The maximum Gasteiger partial charge on any atom is 0.298 e. The van der Waals surface area contributed by atoms with Crippen molar-refractivity contribution in [1.29, 1.82) is 0 Å². The maximum atomic E-state index is 12.9. The third-order valence-electron chi connectivity index (χ3n) is 5.37. The number of fused-ring (bicyclic) bond motifs is 1. The van der Waals surface area contributed by atoms with E-state index in [2.05, 4.69) is 10.3 Å². The highest BCUT2D eigenvalue weighted by atomic mass is 32.2. The largest absolute Gasteiger partial charge is 0.494 e. The molecule has 10 nitrogen and oxygen atoms in total. The summed E-state index contributed by atoms with van der Waals surface area (Å²) in [5, 5.41) is 8.90. The molecule has 1 aromatic carbocycles. The van der Waals surface area contributed by atoms with Crippen LogP contribution < -0.4 is 10.3 Å². The third kappa shape index (κ3) is 4.08.